The number of benzene rings is 5. The Kier molecular flexibility index (Phi) is 3.57. The zero-order valence-corrected chi connectivity index (χ0v) is 25.8. The van der Waals surface area contributed by atoms with Gasteiger partial charge in [0.2, 0.25) is 5.69 Å². The normalized spacial score (nSPS) is 16.8. The summed E-state index contributed by atoms with van der Waals surface area (Å²) in [6, 6.07) is 46.1. The minimum absolute atomic E-state index is 0.750. The third-order valence-electron chi connectivity index (χ3n) is 11.7. The van der Waals surface area contributed by atoms with E-state index in [2.05, 4.69) is 146 Å². The summed E-state index contributed by atoms with van der Waals surface area (Å²) in [6.45, 7) is 0. The van der Waals surface area contributed by atoms with E-state index >= 15 is 0 Å². The molecular formula is C43H22N4O2+2. The van der Waals surface area contributed by atoms with E-state index in [0.29, 0.717) is 0 Å². The molecule has 3 aliphatic rings. The van der Waals surface area contributed by atoms with E-state index in [1.165, 1.54) is 65.5 Å². The molecule has 0 amide bonds. The maximum atomic E-state index is 6.98. The fourth-order valence-corrected chi connectivity index (χ4v) is 9.99. The van der Waals surface area contributed by atoms with Gasteiger partial charge >= 0.3 is 11.3 Å². The topological polar surface area (TPSA) is 39.5 Å². The van der Waals surface area contributed by atoms with E-state index in [9.17, 15) is 0 Å². The molecule has 1 unspecified atom stereocenters. The summed E-state index contributed by atoms with van der Waals surface area (Å²) in [5.74, 6) is 2.84. The molecule has 224 valence electrons. The molecule has 6 heteroatoms. The third-order valence-corrected chi connectivity index (χ3v) is 11.7. The van der Waals surface area contributed by atoms with E-state index in [1.54, 1.807) is 0 Å². The fourth-order valence-electron chi connectivity index (χ4n) is 9.99. The summed E-state index contributed by atoms with van der Waals surface area (Å²) in [5.41, 5.74) is 8.17. The molecule has 14 rings (SSSR count). The Morgan fingerprint density at radius 1 is 0.551 bits per heavy atom. The lowest BCUT2D eigenvalue weighted by Crippen LogP contribution is -2.76. The van der Waals surface area contributed by atoms with Crippen LogP contribution in [0.2, 0.25) is 0 Å². The van der Waals surface area contributed by atoms with E-state index in [4.69, 9.17) is 9.15 Å². The average Bonchev–Trinajstić information content (AvgIpc) is 3.88. The molecule has 0 saturated carbocycles. The molecule has 3 aliphatic heterocycles. The molecule has 49 heavy (non-hydrogen) atoms. The lowest BCUT2D eigenvalue weighted by Gasteiger charge is -2.34. The molecule has 0 radical (unpaired) electrons. The third kappa shape index (κ3) is 2.28. The second-order valence-corrected chi connectivity index (χ2v) is 13.7. The van der Waals surface area contributed by atoms with E-state index in [1.807, 2.05) is 6.07 Å². The molecule has 9 heterocycles. The summed E-state index contributed by atoms with van der Waals surface area (Å²) < 4.78 is 23.4. The van der Waals surface area contributed by atoms with E-state index in [0.717, 1.165) is 45.0 Å². The quantitative estimate of drug-likeness (QED) is 0.125. The first-order valence-corrected chi connectivity index (χ1v) is 16.8. The molecule has 0 fully saturated rings. The predicted molar refractivity (Wildman–Crippen MR) is 190 cm³/mol. The lowest BCUT2D eigenvalue weighted by molar-refractivity contribution is -0.958. The van der Waals surface area contributed by atoms with Crippen molar-refractivity contribution in [1.82, 2.24) is 8.97 Å². The Balaban J connectivity index is 1.31. The summed E-state index contributed by atoms with van der Waals surface area (Å²) in [5, 5.41) is 10.8. The van der Waals surface area contributed by atoms with Gasteiger partial charge in [0, 0.05) is 55.2 Å². The van der Waals surface area contributed by atoms with Crippen molar-refractivity contribution in [3.05, 3.63) is 145 Å². The van der Waals surface area contributed by atoms with Crippen molar-refractivity contribution < 1.29 is 18.3 Å². The van der Waals surface area contributed by atoms with Gasteiger partial charge in [-0.2, -0.15) is 13.5 Å². The van der Waals surface area contributed by atoms with Crippen molar-refractivity contribution in [2.45, 2.75) is 5.66 Å². The molecule has 1 spiro atoms. The number of hydrogen-bond acceptors (Lipinski definition) is 2. The van der Waals surface area contributed by atoms with Crippen molar-refractivity contribution >= 4 is 81.8 Å². The first kappa shape index (κ1) is 23.6. The molecule has 6 nitrogen and oxygen atoms in total. The molecular weight excluding hydrogens is 604 g/mol. The van der Waals surface area contributed by atoms with Crippen molar-refractivity contribution in [2.24, 2.45) is 0 Å². The van der Waals surface area contributed by atoms with Gasteiger partial charge in [-0.3, -0.25) is 0 Å². The van der Waals surface area contributed by atoms with Crippen molar-refractivity contribution in [2.75, 3.05) is 0 Å². The second kappa shape index (κ2) is 7.40. The molecule has 0 bridgehead atoms. The zero-order valence-electron chi connectivity index (χ0n) is 25.8. The van der Waals surface area contributed by atoms with Crippen LogP contribution in [0.15, 0.2) is 138 Å². The Morgan fingerprint density at radius 3 is 2.27 bits per heavy atom. The Morgan fingerprint density at radius 2 is 1.33 bits per heavy atom. The van der Waals surface area contributed by atoms with Gasteiger partial charge in [-0.25, -0.2) is 0 Å². The zero-order chi connectivity index (χ0) is 31.3. The molecule has 0 aliphatic carbocycles. The number of rotatable bonds is 0. The van der Waals surface area contributed by atoms with Gasteiger partial charge in [0.05, 0.1) is 11.6 Å². The highest BCUT2D eigenvalue weighted by molar-refractivity contribution is 6.24. The van der Waals surface area contributed by atoms with Crippen LogP contribution < -0.4 is 13.9 Å². The van der Waals surface area contributed by atoms with Gasteiger partial charge in [0.1, 0.15) is 33.5 Å². The number of nitrogens with zero attached hydrogens (tertiary/aromatic N) is 4. The molecule has 11 aromatic rings. The number of furan rings is 1. The van der Waals surface area contributed by atoms with E-state index < -0.39 is 5.66 Å². The van der Waals surface area contributed by atoms with Crippen LogP contribution in [0.1, 0.15) is 11.3 Å². The standard InChI is InChI=1S/C43H22N4O2/c1-2-12-27-25(11-1)39-31-22-35-30(24-10-4-6-14-33(24)48-35)21-29(31)28-17-19-37-47-42(28)46(39)41(27)43(47)38-34(49-37)18-16-26-23-9-3-5-13-32(23)45(40(26)38)36-15-7-8-20-44(36)43/h1-22H/q+2. The minimum Gasteiger partial charge on any atom is -0.456 e. The van der Waals surface area contributed by atoms with Crippen LogP contribution in [0, 0.1) is 0 Å². The van der Waals surface area contributed by atoms with Crippen molar-refractivity contribution in [3.8, 4) is 17.4 Å². The summed E-state index contributed by atoms with van der Waals surface area (Å²) >= 11 is 0. The first-order chi connectivity index (χ1) is 24.3. The predicted octanol–water partition coefficient (Wildman–Crippen LogP) is 9.00. The summed E-state index contributed by atoms with van der Waals surface area (Å²) in [4.78, 5) is 0. The number of pyridine rings is 3. The van der Waals surface area contributed by atoms with Gasteiger partial charge in [-0.1, -0.05) is 48.5 Å². The molecule has 6 aromatic heterocycles. The molecule has 0 N–H and O–H groups in total. The highest BCUT2D eigenvalue weighted by atomic mass is 16.5. The number of ether oxygens (including phenoxy) is 1. The maximum Gasteiger partial charge on any atom is 0.354 e. The van der Waals surface area contributed by atoms with Crippen LogP contribution in [0.4, 0.5) is 0 Å². The largest absolute Gasteiger partial charge is 0.456 e. The Labute approximate surface area is 276 Å². The number of aromatic nitrogens is 4. The van der Waals surface area contributed by atoms with Gasteiger partial charge in [0.15, 0.2) is 5.52 Å². The minimum atomic E-state index is -0.750. The van der Waals surface area contributed by atoms with Crippen LogP contribution in [0.5, 0.6) is 11.6 Å². The van der Waals surface area contributed by atoms with Crippen LogP contribution in [0.25, 0.3) is 87.7 Å². The molecule has 1 atom stereocenters. The van der Waals surface area contributed by atoms with Crippen LogP contribution in [0.3, 0.4) is 0 Å². The van der Waals surface area contributed by atoms with Crippen molar-refractivity contribution in [1.29, 1.82) is 0 Å². The van der Waals surface area contributed by atoms with Crippen molar-refractivity contribution in [3.63, 3.8) is 0 Å². The Hall–Kier alpha value is -6.66. The number of hydrogen-bond donors (Lipinski definition) is 0. The van der Waals surface area contributed by atoms with Crippen LogP contribution in [-0.2, 0) is 5.66 Å². The SMILES string of the molecule is c1cc[n+]2c(c1)-n1c3ccccc3c3ccc4c(c31)C21c2c3ccccc3c3c5cc6oc7ccccc7c6cc5c5ccc([n+]1c5n23)O4. The molecule has 0 saturated heterocycles. The monoisotopic (exact) mass is 626 g/mol. The summed E-state index contributed by atoms with van der Waals surface area (Å²) in [6.07, 6.45) is 2.26. The average molecular weight is 627 g/mol. The number of fused-ring (bicyclic) bond motifs is 14. The first-order valence-electron chi connectivity index (χ1n) is 16.8. The van der Waals surface area contributed by atoms with Gasteiger partial charge in [0.25, 0.3) is 11.7 Å². The van der Waals surface area contributed by atoms with Gasteiger partial charge < -0.3 is 9.15 Å². The molecule has 5 aromatic carbocycles. The number of para-hydroxylation sites is 2. The van der Waals surface area contributed by atoms with Gasteiger partial charge in [-0.05, 0) is 66.7 Å². The summed E-state index contributed by atoms with van der Waals surface area (Å²) in [7, 11) is 0. The fraction of sp³-hybridized carbons (Fsp3) is 0.0233. The highest BCUT2D eigenvalue weighted by Gasteiger charge is 2.67. The van der Waals surface area contributed by atoms with Crippen LogP contribution >= 0.6 is 0 Å². The second-order valence-electron chi connectivity index (χ2n) is 13.7. The van der Waals surface area contributed by atoms with E-state index in [-0.39, 0.29) is 0 Å². The maximum absolute atomic E-state index is 6.98. The lowest BCUT2D eigenvalue weighted by atomic mass is 9.87. The Bertz CT molecular complexity index is 3440. The smallest absolute Gasteiger partial charge is 0.354 e. The highest BCUT2D eigenvalue weighted by Crippen LogP contribution is 2.55. The van der Waals surface area contributed by atoms with Crippen LogP contribution in [-0.4, -0.2) is 8.97 Å². The van der Waals surface area contributed by atoms with Gasteiger partial charge in [-0.15, -0.1) is 4.57 Å².